The minimum atomic E-state index is -0.995. The lowest BCUT2D eigenvalue weighted by molar-refractivity contribution is 0.0830. The SMILES string of the molecule is CCCCc1c[nH]c2ccc(C(=O)N[C@@H](Cc3cc(F)cc(F)c3)[C@H](O)CNCc3cccc(CC)c3)cc12. The van der Waals surface area contributed by atoms with Crippen LogP contribution < -0.4 is 10.6 Å². The predicted molar refractivity (Wildman–Crippen MR) is 152 cm³/mol. The van der Waals surface area contributed by atoms with E-state index >= 15 is 0 Å². The summed E-state index contributed by atoms with van der Waals surface area (Å²) in [5, 5.41) is 18.3. The zero-order chi connectivity index (χ0) is 27.8. The fraction of sp³-hybridized carbons (Fsp3) is 0.344. The van der Waals surface area contributed by atoms with Crippen LogP contribution >= 0.6 is 0 Å². The highest BCUT2D eigenvalue weighted by molar-refractivity contribution is 5.99. The van der Waals surface area contributed by atoms with Crippen LogP contribution in [0.4, 0.5) is 8.78 Å². The smallest absolute Gasteiger partial charge is 0.251 e. The van der Waals surface area contributed by atoms with Crippen molar-refractivity contribution in [2.45, 2.75) is 64.6 Å². The highest BCUT2D eigenvalue weighted by atomic mass is 19.1. The lowest BCUT2D eigenvalue weighted by Crippen LogP contribution is -2.48. The highest BCUT2D eigenvalue weighted by Gasteiger charge is 2.23. The minimum Gasteiger partial charge on any atom is -0.390 e. The molecule has 1 aromatic heterocycles. The summed E-state index contributed by atoms with van der Waals surface area (Å²) in [6.07, 6.45) is 5.04. The number of hydrogen-bond acceptors (Lipinski definition) is 3. The minimum absolute atomic E-state index is 0.0722. The second-order valence-corrected chi connectivity index (χ2v) is 10.1. The number of aliphatic hydroxyl groups is 1. The van der Waals surface area contributed by atoms with Crippen molar-refractivity contribution in [1.82, 2.24) is 15.6 Å². The predicted octanol–water partition coefficient (Wildman–Crippen LogP) is 5.84. The molecule has 0 radical (unpaired) electrons. The molecule has 4 N–H and O–H groups in total. The Labute approximate surface area is 228 Å². The number of aryl methyl sites for hydroxylation is 2. The second kappa shape index (κ2) is 13.5. The lowest BCUT2D eigenvalue weighted by atomic mass is 9.99. The van der Waals surface area contributed by atoms with Gasteiger partial charge in [-0.05, 0) is 78.3 Å². The van der Waals surface area contributed by atoms with E-state index in [1.54, 1.807) is 6.07 Å². The average Bonchev–Trinajstić information content (AvgIpc) is 3.33. The number of aromatic amines is 1. The van der Waals surface area contributed by atoms with Crippen LogP contribution in [0.25, 0.3) is 10.9 Å². The molecule has 0 aliphatic carbocycles. The van der Waals surface area contributed by atoms with E-state index in [4.69, 9.17) is 0 Å². The molecule has 0 bridgehead atoms. The largest absolute Gasteiger partial charge is 0.390 e. The van der Waals surface area contributed by atoms with Gasteiger partial charge < -0.3 is 20.7 Å². The molecule has 0 spiro atoms. The summed E-state index contributed by atoms with van der Waals surface area (Å²) in [7, 11) is 0. The molecule has 4 rings (SSSR count). The third-order valence-electron chi connectivity index (χ3n) is 7.07. The van der Waals surface area contributed by atoms with E-state index in [2.05, 4.69) is 41.6 Å². The van der Waals surface area contributed by atoms with Gasteiger partial charge in [-0.15, -0.1) is 0 Å². The van der Waals surface area contributed by atoms with Crippen molar-refractivity contribution in [3.05, 3.63) is 106 Å². The van der Waals surface area contributed by atoms with E-state index in [0.717, 1.165) is 53.8 Å². The maximum absolute atomic E-state index is 13.9. The summed E-state index contributed by atoms with van der Waals surface area (Å²) in [5.74, 6) is -1.75. The van der Waals surface area contributed by atoms with Gasteiger partial charge in [-0.3, -0.25) is 4.79 Å². The molecule has 0 unspecified atom stereocenters. The Balaban J connectivity index is 1.50. The first-order chi connectivity index (χ1) is 18.9. The molecular weight excluding hydrogens is 496 g/mol. The van der Waals surface area contributed by atoms with E-state index in [9.17, 15) is 18.7 Å². The van der Waals surface area contributed by atoms with E-state index < -0.39 is 23.8 Å². The van der Waals surface area contributed by atoms with Gasteiger partial charge in [0, 0.05) is 41.8 Å². The van der Waals surface area contributed by atoms with Gasteiger partial charge >= 0.3 is 0 Å². The van der Waals surface area contributed by atoms with Gasteiger partial charge in [0.15, 0.2) is 0 Å². The van der Waals surface area contributed by atoms with Crippen molar-refractivity contribution >= 4 is 16.8 Å². The molecule has 5 nitrogen and oxygen atoms in total. The number of halogens is 2. The number of unbranched alkanes of at least 4 members (excludes halogenated alkanes) is 1. The molecular formula is C32H37F2N3O2. The van der Waals surface area contributed by atoms with E-state index in [0.29, 0.717) is 17.7 Å². The van der Waals surface area contributed by atoms with Gasteiger partial charge in [0.25, 0.3) is 5.91 Å². The fourth-order valence-electron chi connectivity index (χ4n) is 4.88. The molecule has 4 aromatic rings. The van der Waals surface area contributed by atoms with Gasteiger partial charge in [-0.25, -0.2) is 8.78 Å². The Kier molecular flexibility index (Phi) is 9.85. The summed E-state index contributed by atoms with van der Waals surface area (Å²) in [5.41, 5.74) is 5.26. The highest BCUT2D eigenvalue weighted by Crippen LogP contribution is 2.22. The van der Waals surface area contributed by atoms with Crippen LogP contribution in [0.3, 0.4) is 0 Å². The molecule has 0 saturated heterocycles. The molecule has 7 heteroatoms. The zero-order valence-electron chi connectivity index (χ0n) is 22.6. The third kappa shape index (κ3) is 7.74. The number of aliphatic hydroxyl groups excluding tert-OH is 1. The molecule has 0 aliphatic rings. The van der Waals surface area contributed by atoms with Crippen LogP contribution in [0.1, 0.15) is 59.3 Å². The second-order valence-electron chi connectivity index (χ2n) is 10.1. The first-order valence-electron chi connectivity index (χ1n) is 13.7. The normalized spacial score (nSPS) is 12.9. The number of aromatic nitrogens is 1. The van der Waals surface area contributed by atoms with Gasteiger partial charge in [-0.2, -0.15) is 0 Å². The number of fused-ring (bicyclic) bond motifs is 1. The Hall–Kier alpha value is -3.55. The van der Waals surface area contributed by atoms with Crippen LogP contribution in [-0.4, -0.2) is 34.7 Å². The van der Waals surface area contributed by atoms with Gasteiger partial charge in [0.2, 0.25) is 0 Å². The first kappa shape index (κ1) is 28.5. The summed E-state index contributed by atoms with van der Waals surface area (Å²) >= 11 is 0. The topological polar surface area (TPSA) is 77.2 Å². The van der Waals surface area contributed by atoms with Crippen molar-refractivity contribution in [2.24, 2.45) is 0 Å². The number of H-pyrrole nitrogens is 1. The molecule has 206 valence electrons. The first-order valence-corrected chi connectivity index (χ1v) is 13.7. The van der Waals surface area contributed by atoms with Crippen LogP contribution in [0.15, 0.2) is 66.9 Å². The summed E-state index contributed by atoms with van der Waals surface area (Å²) in [6.45, 7) is 4.97. The number of rotatable bonds is 13. The van der Waals surface area contributed by atoms with Crippen molar-refractivity contribution in [3.8, 4) is 0 Å². The van der Waals surface area contributed by atoms with Gasteiger partial charge in [0.05, 0.1) is 12.1 Å². The van der Waals surface area contributed by atoms with Crippen molar-refractivity contribution in [3.63, 3.8) is 0 Å². The molecule has 0 saturated carbocycles. The number of nitrogens with one attached hydrogen (secondary N) is 3. The van der Waals surface area contributed by atoms with Gasteiger partial charge in [0.1, 0.15) is 11.6 Å². The van der Waals surface area contributed by atoms with Crippen LogP contribution in [-0.2, 0) is 25.8 Å². The average molecular weight is 534 g/mol. The van der Waals surface area contributed by atoms with Crippen LogP contribution in [0.5, 0.6) is 0 Å². The fourth-order valence-corrected chi connectivity index (χ4v) is 4.88. The Morgan fingerprint density at radius 2 is 1.74 bits per heavy atom. The Bertz CT molecular complexity index is 1380. The number of hydrogen-bond donors (Lipinski definition) is 4. The summed E-state index contributed by atoms with van der Waals surface area (Å²) in [6, 6.07) is 16.2. The quantitative estimate of drug-likeness (QED) is 0.174. The molecule has 3 aromatic carbocycles. The molecule has 1 heterocycles. The van der Waals surface area contributed by atoms with Crippen LogP contribution in [0, 0.1) is 11.6 Å². The Morgan fingerprint density at radius 3 is 2.49 bits per heavy atom. The van der Waals surface area contributed by atoms with E-state index in [1.165, 1.54) is 17.7 Å². The number of carbonyl (C=O) groups is 1. The van der Waals surface area contributed by atoms with Crippen molar-refractivity contribution in [2.75, 3.05) is 6.54 Å². The molecule has 0 aliphatic heterocycles. The maximum atomic E-state index is 13.9. The van der Waals surface area contributed by atoms with Crippen molar-refractivity contribution in [1.29, 1.82) is 0 Å². The monoisotopic (exact) mass is 533 g/mol. The van der Waals surface area contributed by atoms with E-state index in [-0.39, 0.29) is 18.9 Å². The summed E-state index contributed by atoms with van der Waals surface area (Å²) in [4.78, 5) is 16.6. The summed E-state index contributed by atoms with van der Waals surface area (Å²) < 4.78 is 27.8. The maximum Gasteiger partial charge on any atom is 0.251 e. The number of amides is 1. The zero-order valence-corrected chi connectivity index (χ0v) is 22.6. The van der Waals surface area contributed by atoms with Crippen LogP contribution in [0.2, 0.25) is 0 Å². The molecule has 1 amide bonds. The lowest BCUT2D eigenvalue weighted by Gasteiger charge is -2.25. The number of benzene rings is 3. The number of carbonyl (C=O) groups excluding carboxylic acids is 1. The van der Waals surface area contributed by atoms with E-state index in [1.807, 2.05) is 30.5 Å². The van der Waals surface area contributed by atoms with Gasteiger partial charge in [-0.1, -0.05) is 44.5 Å². The standard InChI is InChI=1S/C32H37F2N3O2/c1-3-5-9-25-19-36-29-11-10-24(16-28(25)29)32(39)37-30(15-23-13-26(33)17-27(34)14-23)31(38)20-35-18-22-8-6-7-21(4-2)12-22/h6-8,10-14,16-17,19,30-31,35-36,38H,3-5,9,15,18,20H2,1-2H3,(H,37,39)/t30-,31+/m0/s1. The Morgan fingerprint density at radius 1 is 0.974 bits per heavy atom. The van der Waals surface area contributed by atoms with Crippen molar-refractivity contribution < 1.29 is 18.7 Å². The molecule has 2 atom stereocenters. The molecule has 0 fully saturated rings. The third-order valence-corrected chi connectivity index (χ3v) is 7.07. The molecule has 39 heavy (non-hydrogen) atoms.